The van der Waals surface area contributed by atoms with Gasteiger partial charge in [-0.25, -0.2) is 0 Å². The summed E-state index contributed by atoms with van der Waals surface area (Å²) in [6.45, 7) is 4.85. The Bertz CT molecular complexity index is 1450. The number of fused-ring (bicyclic) bond motifs is 1. The minimum atomic E-state index is -0.456. The van der Waals surface area contributed by atoms with Crippen molar-refractivity contribution in [2.75, 3.05) is 13.7 Å². The zero-order valence-electron chi connectivity index (χ0n) is 20.9. The Morgan fingerprint density at radius 2 is 1.89 bits per heavy atom. The molecule has 0 fully saturated rings. The van der Waals surface area contributed by atoms with E-state index >= 15 is 0 Å². The first-order chi connectivity index (χ1) is 17.9. The van der Waals surface area contributed by atoms with Gasteiger partial charge in [0.25, 0.3) is 5.91 Å². The molecule has 7 nitrogen and oxygen atoms in total. The Morgan fingerprint density at radius 1 is 1.11 bits per heavy atom. The van der Waals surface area contributed by atoms with Gasteiger partial charge in [-0.3, -0.25) is 9.89 Å². The molecule has 1 atom stereocenters. The number of phenols is 1. The molecular weight excluding hydrogens is 490 g/mol. The lowest BCUT2D eigenvalue weighted by Crippen LogP contribution is -2.29. The van der Waals surface area contributed by atoms with E-state index in [1.165, 1.54) is 0 Å². The fraction of sp³-hybridized carbons (Fsp3) is 0.241. The van der Waals surface area contributed by atoms with Crippen molar-refractivity contribution >= 4 is 17.5 Å². The molecule has 0 bridgehead atoms. The van der Waals surface area contributed by atoms with Crippen LogP contribution in [0.25, 0.3) is 11.3 Å². The van der Waals surface area contributed by atoms with E-state index in [4.69, 9.17) is 21.1 Å². The summed E-state index contributed by atoms with van der Waals surface area (Å²) in [5.74, 6) is 1.36. The van der Waals surface area contributed by atoms with Crippen molar-refractivity contribution in [1.82, 2.24) is 15.1 Å². The van der Waals surface area contributed by atoms with Gasteiger partial charge in [0.1, 0.15) is 28.6 Å². The van der Waals surface area contributed by atoms with Gasteiger partial charge >= 0.3 is 0 Å². The molecule has 0 saturated heterocycles. The van der Waals surface area contributed by atoms with E-state index in [0.29, 0.717) is 40.7 Å². The summed E-state index contributed by atoms with van der Waals surface area (Å²) >= 11 is 6.41. The summed E-state index contributed by atoms with van der Waals surface area (Å²) in [6, 6.07) is 18.3. The summed E-state index contributed by atoms with van der Waals surface area (Å²) in [5.41, 5.74) is 4.64. The van der Waals surface area contributed by atoms with Crippen molar-refractivity contribution in [1.29, 1.82) is 0 Å². The number of phenolic OH excluding ortho intramolecular Hbond substituents is 1. The van der Waals surface area contributed by atoms with Crippen LogP contribution >= 0.6 is 11.6 Å². The summed E-state index contributed by atoms with van der Waals surface area (Å²) in [6.07, 6.45) is 0.888. The van der Waals surface area contributed by atoms with E-state index in [1.54, 1.807) is 24.1 Å². The molecule has 8 heteroatoms. The molecule has 3 aromatic carbocycles. The third-order valence-corrected chi connectivity index (χ3v) is 6.96. The van der Waals surface area contributed by atoms with Crippen LogP contribution in [0.15, 0.2) is 60.7 Å². The molecule has 0 radical (unpaired) electrons. The first-order valence-electron chi connectivity index (χ1n) is 12.2. The van der Waals surface area contributed by atoms with Crippen molar-refractivity contribution in [2.45, 2.75) is 32.9 Å². The molecule has 2 heterocycles. The van der Waals surface area contributed by atoms with E-state index < -0.39 is 6.04 Å². The zero-order valence-corrected chi connectivity index (χ0v) is 21.7. The predicted molar refractivity (Wildman–Crippen MR) is 142 cm³/mol. The number of nitrogens with one attached hydrogen (secondary N) is 1. The molecule has 0 aliphatic carbocycles. The molecule has 5 rings (SSSR count). The van der Waals surface area contributed by atoms with Gasteiger partial charge in [0.2, 0.25) is 0 Å². The molecule has 1 aromatic heterocycles. The van der Waals surface area contributed by atoms with Gasteiger partial charge in [0, 0.05) is 22.7 Å². The maximum Gasteiger partial charge on any atom is 0.273 e. The van der Waals surface area contributed by atoms with Crippen molar-refractivity contribution in [3.05, 3.63) is 93.6 Å². The Morgan fingerprint density at radius 3 is 2.62 bits per heavy atom. The second-order valence-electron chi connectivity index (χ2n) is 9.08. The Labute approximate surface area is 220 Å². The molecule has 190 valence electrons. The highest BCUT2D eigenvalue weighted by Gasteiger charge is 2.42. The van der Waals surface area contributed by atoms with Gasteiger partial charge < -0.3 is 19.5 Å². The maximum atomic E-state index is 13.7. The summed E-state index contributed by atoms with van der Waals surface area (Å²) in [5, 5.41) is 18.7. The predicted octanol–water partition coefficient (Wildman–Crippen LogP) is 6.29. The smallest absolute Gasteiger partial charge is 0.273 e. The number of methoxy groups -OCH3 is 1. The third kappa shape index (κ3) is 4.62. The van der Waals surface area contributed by atoms with E-state index in [9.17, 15) is 9.90 Å². The van der Waals surface area contributed by atoms with E-state index in [2.05, 4.69) is 17.1 Å². The number of aryl methyl sites for hydroxylation is 1. The van der Waals surface area contributed by atoms with Gasteiger partial charge in [-0.15, -0.1) is 0 Å². The maximum absolute atomic E-state index is 13.7. The van der Waals surface area contributed by atoms with Crippen LogP contribution in [0.1, 0.15) is 52.1 Å². The average molecular weight is 518 g/mol. The van der Waals surface area contributed by atoms with Crippen LogP contribution in [0, 0.1) is 6.92 Å². The third-order valence-electron chi connectivity index (χ3n) is 6.55. The Hall–Kier alpha value is -3.97. The van der Waals surface area contributed by atoms with Gasteiger partial charge in [0.05, 0.1) is 19.8 Å². The number of carbonyl (C=O) groups is 1. The molecule has 0 spiro atoms. The summed E-state index contributed by atoms with van der Waals surface area (Å²) < 4.78 is 11.2. The van der Waals surface area contributed by atoms with Crippen molar-refractivity contribution in [2.24, 2.45) is 0 Å². The van der Waals surface area contributed by atoms with Crippen LogP contribution in [0.4, 0.5) is 0 Å². The average Bonchev–Trinajstić information content (AvgIpc) is 3.44. The summed E-state index contributed by atoms with van der Waals surface area (Å²) in [7, 11) is 1.62. The zero-order chi connectivity index (χ0) is 26.1. The second-order valence-corrected chi connectivity index (χ2v) is 9.49. The molecule has 4 aromatic rings. The van der Waals surface area contributed by atoms with Gasteiger partial charge in [-0.2, -0.15) is 5.10 Å². The Balaban J connectivity index is 1.63. The molecule has 0 saturated carbocycles. The number of hydrogen-bond acceptors (Lipinski definition) is 5. The number of H-pyrrole nitrogens is 1. The molecule has 1 aliphatic rings. The van der Waals surface area contributed by atoms with Crippen LogP contribution < -0.4 is 9.47 Å². The van der Waals surface area contributed by atoms with Crippen molar-refractivity contribution in [3.63, 3.8) is 0 Å². The van der Waals surface area contributed by atoms with E-state index in [-0.39, 0.29) is 11.7 Å². The van der Waals surface area contributed by atoms with E-state index in [1.807, 2.05) is 55.5 Å². The summed E-state index contributed by atoms with van der Waals surface area (Å²) in [4.78, 5) is 15.5. The van der Waals surface area contributed by atoms with E-state index in [0.717, 1.165) is 34.6 Å². The number of hydrogen-bond donors (Lipinski definition) is 2. The standard InChI is InChI=1S/C29H28ClN3O4/c1-4-12-37-21-7-5-6-19(14-21)28-25-26(22-15-23(30)17(2)13-24(22)34)31-32-27(25)29(35)33(28)16-18-8-10-20(36-3)11-9-18/h5-11,13-15,28,34H,4,12,16H2,1-3H3,(H,31,32). The largest absolute Gasteiger partial charge is 0.507 e. The molecule has 37 heavy (non-hydrogen) atoms. The number of benzene rings is 3. The lowest BCUT2D eigenvalue weighted by molar-refractivity contribution is 0.0730. The van der Waals surface area contributed by atoms with Crippen molar-refractivity contribution < 1.29 is 19.4 Å². The number of carbonyl (C=O) groups excluding carboxylic acids is 1. The fourth-order valence-electron chi connectivity index (χ4n) is 4.69. The quantitative estimate of drug-likeness (QED) is 0.287. The molecule has 1 aliphatic heterocycles. The normalized spacial score (nSPS) is 14.6. The number of aromatic hydroxyl groups is 1. The molecule has 1 amide bonds. The first-order valence-corrected chi connectivity index (χ1v) is 12.5. The first kappa shape index (κ1) is 24.7. The highest BCUT2D eigenvalue weighted by atomic mass is 35.5. The second kappa shape index (κ2) is 10.2. The van der Waals surface area contributed by atoms with Gasteiger partial charge in [0.15, 0.2) is 0 Å². The fourth-order valence-corrected chi connectivity index (χ4v) is 4.85. The highest BCUT2D eigenvalue weighted by Crippen LogP contribution is 2.46. The Kier molecular flexibility index (Phi) is 6.80. The molecular formula is C29H28ClN3O4. The number of nitrogens with zero attached hydrogens (tertiary/aromatic N) is 2. The number of halogens is 1. The van der Waals surface area contributed by atoms with Crippen LogP contribution in [0.5, 0.6) is 17.2 Å². The highest BCUT2D eigenvalue weighted by molar-refractivity contribution is 6.31. The van der Waals surface area contributed by atoms with Gasteiger partial charge in [-0.1, -0.05) is 42.8 Å². The van der Waals surface area contributed by atoms with Gasteiger partial charge in [-0.05, 0) is 66.4 Å². The van der Waals surface area contributed by atoms with Crippen LogP contribution in [-0.4, -0.2) is 39.8 Å². The minimum Gasteiger partial charge on any atom is -0.507 e. The van der Waals surface area contributed by atoms with Crippen LogP contribution in [0.2, 0.25) is 5.02 Å². The molecule has 1 unspecified atom stereocenters. The molecule has 2 N–H and O–H groups in total. The lowest BCUT2D eigenvalue weighted by atomic mass is 9.95. The number of amides is 1. The lowest BCUT2D eigenvalue weighted by Gasteiger charge is -2.27. The number of aromatic nitrogens is 2. The number of ether oxygens (including phenoxy) is 2. The monoisotopic (exact) mass is 517 g/mol. The van der Waals surface area contributed by atoms with Crippen LogP contribution in [-0.2, 0) is 6.54 Å². The SMILES string of the molecule is CCCOc1cccc(C2c3c(-c4cc(Cl)c(C)cc4O)n[nH]c3C(=O)N2Cc2ccc(OC)cc2)c1. The number of aromatic amines is 1. The van der Waals surface area contributed by atoms with Crippen LogP contribution in [0.3, 0.4) is 0 Å². The van der Waals surface area contributed by atoms with Crippen molar-refractivity contribution in [3.8, 4) is 28.5 Å². The minimum absolute atomic E-state index is 0.0519. The number of rotatable bonds is 8. The topological polar surface area (TPSA) is 87.7 Å².